The Morgan fingerprint density at radius 2 is 1.95 bits per heavy atom. The van der Waals surface area contributed by atoms with E-state index in [9.17, 15) is 24.8 Å². The second kappa shape index (κ2) is 10.5. The zero-order valence-electron chi connectivity index (χ0n) is 20.4. The van der Waals surface area contributed by atoms with Crippen molar-refractivity contribution in [2.45, 2.75) is 19.6 Å². The van der Waals surface area contributed by atoms with E-state index in [2.05, 4.69) is 15.5 Å². The molecule has 0 aliphatic rings. The highest BCUT2D eigenvalue weighted by Gasteiger charge is 2.21. The molecule has 0 fully saturated rings. The van der Waals surface area contributed by atoms with E-state index in [-0.39, 0.29) is 36.0 Å². The van der Waals surface area contributed by atoms with Crippen LogP contribution in [-0.4, -0.2) is 47.6 Å². The van der Waals surface area contributed by atoms with E-state index in [4.69, 9.17) is 4.74 Å². The van der Waals surface area contributed by atoms with Gasteiger partial charge in [-0.2, -0.15) is 10.1 Å². The first-order chi connectivity index (χ1) is 17.7. The Hall–Kier alpha value is -4.78. The maximum Gasteiger partial charge on any atom is 0.332 e. The van der Waals surface area contributed by atoms with Crippen molar-refractivity contribution in [3.8, 4) is 5.75 Å². The maximum absolute atomic E-state index is 13.0. The fourth-order valence-corrected chi connectivity index (χ4v) is 3.75. The van der Waals surface area contributed by atoms with Crippen molar-refractivity contribution in [2.24, 2.45) is 19.2 Å². The fourth-order valence-electron chi connectivity index (χ4n) is 3.75. The molecule has 0 aliphatic heterocycles. The SMILES string of the molecule is Cc1cccc(OCC(O)Cn2c(NN=Cc3cccc([N+](=O)[O-])c3)nc3c2c(=O)n(C)c(=O)n3C)c1. The number of non-ortho nitro benzene ring substituents is 1. The zero-order chi connectivity index (χ0) is 26.7. The van der Waals surface area contributed by atoms with Gasteiger partial charge in [-0.25, -0.2) is 10.2 Å². The molecule has 0 radical (unpaired) electrons. The molecule has 4 aromatic rings. The van der Waals surface area contributed by atoms with Crippen LogP contribution in [0, 0.1) is 17.0 Å². The summed E-state index contributed by atoms with van der Waals surface area (Å²) in [6, 6.07) is 13.2. The summed E-state index contributed by atoms with van der Waals surface area (Å²) in [6.07, 6.45) is 0.312. The molecular formula is C24H25N7O6. The number of nitrogens with zero attached hydrogens (tertiary/aromatic N) is 6. The van der Waals surface area contributed by atoms with E-state index in [1.807, 2.05) is 25.1 Å². The molecule has 1 unspecified atom stereocenters. The molecule has 13 heteroatoms. The molecule has 4 rings (SSSR count). The number of nitro benzene ring substituents is 1. The first kappa shape index (κ1) is 25.3. The van der Waals surface area contributed by atoms with E-state index in [1.165, 1.54) is 47.6 Å². The zero-order valence-corrected chi connectivity index (χ0v) is 20.4. The molecule has 1 atom stereocenters. The van der Waals surface area contributed by atoms with Crippen molar-refractivity contribution in [3.63, 3.8) is 0 Å². The molecule has 0 saturated carbocycles. The first-order valence-electron chi connectivity index (χ1n) is 11.2. The normalized spacial score (nSPS) is 12.2. The van der Waals surface area contributed by atoms with Gasteiger partial charge >= 0.3 is 5.69 Å². The van der Waals surface area contributed by atoms with Crippen molar-refractivity contribution >= 4 is 29.0 Å². The van der Waals surface area contributed by atoms with Crippen molar-refractivity contribution in [2.75, 3.05) is 12.0 Å². The number of hydrogen-bond donors (Lipinski definition) is 2. The summed E-state index contributed by atoms with van der Waals surface area (Å²) in [5.41, 5.74) is 3.13. The highest BCUT2D eigenvalue weighted by Crippen LogP contribution is 2.18. The molecule has 2 N–H and O–H groups in total. The number of aromatic nitrogens is 4. The number of ether oxygens (including phenoxy) is 1. The van der Waals surface area contributed by atoms with Crippen LogP contribution in [-0.2, 0) is 20.6 Å². The molecule has 0 saturated heterocycles. The number of nitro groups is 1. The summed E-state index contributed by atoms with van der Waals surface area (Å²) in [4.78, 5) is 40.3. The van der Waals surface area contributed by atoms with E-state index >= 15 is 0 Å². The average Bonchev–Trinajstić information content (AvgIpc) is 3.23. The van der Waals surface area contributed by atoms with Gasteiger partial charge in [0.2, 0.25) is 5.95 Å². The monoisotopic (exact) mass is 507 g/mol. The number of nitrogens with one attached hydrogen (secondary N) is 1. The lowest BCUT2D eigenvalue weighted by Crippen LogP contribution is -2.38. The molecule has 2 aromatic heterocycles. The Kier molecular flexibility index (Phi) is 7.15. The predicted molar refractivity (Wildman–Crippen MR) is 137 cm³/mol. The molecule has 0 amide bonds. The molecule has 0 bridgehead atoms. The number of aliphatic hydroxyl groups is 1. The van der Waals surface area contributed by atoms with Crippen LogP contribution in [0.4, 0.5) is 11.6 Å². The van der Waals surface area contributed by atoms with Gasteiger partial charge in [0.1, 0.15) is 18.5 Å². The minimum absolute atomic E-state index is 0.0639. The number of benzene rings is 2. The lowest BCUT2D eigenvalue weighted by molar-refractivity contribution is -0.384. The number of hydrogen-bond acceptors (Lipinski definition) is 9. The lowest BCUT2D eigenvalue weighted by Gasteiger charge is -2.15. The van der Waals surface area contributed by atoms with Crippen LogP contribution < -0.4 is 21.4 Å². The molecule has 0 spiro atoms. The number of rotatable bonds is 9. The van der Waals surface area contributed by atoms with Gasteiger partial charge in [-0.05, 0) is 24.6 Å². The van der Waals surface area contributed by atoms with Gasteiger partial charge in [0.15, 0.2) is 11.2 Å². The Morgan fingerprint density at radius 1 is 1.19 bits per heavy atom. The van der Waals surface area contributed by atoms with Crippen LogP contribution in [0.1, 0.15) is 11.1 Å². The van der Waals surface area contributed by atoms with Crippen LogP contribution in [0.2, 0.25) is 0 Å². The third-order valence-corrected chi connectivity index (χ3v) is 5.63. The Labute approximate surface area is 210 Å². The van der Waals surface area contributed by atoms with Gasteiger partial charge in [0, 0.05) is 31.8 Å². The second-order valence-electron chi connectivity index (χ2n) is 8.43. The van der Waals surface area contributed by atoms with E-state index < -0.39 is 22.3 Å². The highest BCUT2D eigenvalue weighted by atomic mass is 16.6. The predicted octanol–water partition coefficient (Wildman–Crippen LogP) is 1.54. The van der Waals surface area contributed by atoms with Crippen molar-refractivity contribution in [1.82, 2.24) is 18.7 Å². The van der Waals surface area contributed by atoms with Crippen molar-refractivity contribution < 1.29 is 14.8 Å². The quantitative estimate of drug-likeness (QED) is 0.196. The minimum atomic E-state index is -1.04. The summed E-state index contributed by atoms with van der Waals surface area (Å²) in [5.74, 6) is 0.678. The lowest BCUT2D eigenvalue weighted by atomic mass is 10.2. The summed E-state index contributed by atoms with van der Waals surface area (Å²) in [6.45, 7) is 1.77. The van der Waals surface area contributed by atoms with Crippen molar-refractivity contribution in [3.05, 3.63) is 90.6 Å². The molecule has 13 nitrogen and oxygen atoms in total. The molecule has 0 aliphatic carbocycles. The largest absolute Gasteiger partial charge is 0.491 e. The molecular weight excluding hydrogens is 482 g/mol. The number of aliphatic hydroxyl groups excluding tert-OH is 1. The Balaban J connectivity index is 1.65. The number of anilines is 1. The van der Waals surface area contributed by atoms with E-state index in [0.717, 1.165) is 10.1 Å². The van der Waals surface area contributed by atoms with Gasteiger partial charge < -0.3 is 14.4 Å². The van der Waals surface area contributed by atoms with Gasteiger partial charge in [0.05, 0.1) is 17.7 Å². The summed E-state index contributed by atoms with van der Waals surface area (Å²) < 4.78 is 9.28. The van der Waals surface area contributed by atoms with Crippen LogP contribution in [0.3, 0.4) is 0 Å². The Bertz CT molecular complexity index is 1620. The topological polar surface area (TPSA) is 159 Å². The van der Waals surface area contributed by atoms with Gasteiger partial charge in [-0.15, -0.1) is 0 Å². The molecule has 2 aromatic carbocycles. The standard InChI is InChI=1S/C24H25N7O6/c1-15-6-4-9-19(10-15)37-14-18(32)13-30-20-21(28(2)24(34)29(3)22(20)33)26-23(30)27-25-12-16-7-5-8-17(11-16)31(35)36/h4-12,18,32H,13-14H2,1-3H3,(H,26,27). The Morgan fingerprint density at radius 3 is 2.68 bits per heavy atom. The summed E-state index contributed by atoms with van der Waals surface area (Å²) >= 11 is 0. The van der Waals surface area contributed by atoms with Gasteiger partial charge in [0.25, 0.3) is 11.2 Å². The van der Waals surface area contributed by atoms with Gasteiger partial charge in [-0.3, -0.25) is 24.0 Å². The van der Waals surface area contributed by atoms with Crippen molar-refractivity contribution in [1.29, 1.82) is 0 Å². The highest BCUT2D eigenvalue weighted by molar-refractivity contribution is 5.81. The fraction of sp³-hybridized carbons (Fsp3) is 0.250. The minimum Gasteiger partial charge on any atom is -0.491 e. The van der Waals surface area contributed by atoms with E-state index in [1.54, 1.807) is 12.1 Å². The number of fused-ring (bicyclic) bond motifs is 1. The molecule has 37 heavy (non-hydrogen) atoms. The van der Waals surface area contributed by atoms with E-state index in [0.29, 0.717) is 11.3 Å². The van der Waals surface area contributed by atoms with Gasteiger partial charge in [-0.1, -0.05) is 24.3 Å². The maximum atomic E-state index is 13.0. The molecule has 2 heterocycles. The number of hydrazone groups is 1. The molecule has 192 valence electrons. The van der Waals surface area contributed by atoms with Crippen LogP contribution >= 0.6 is 0 Å². The van der Waals surface area contributed by atoms with Crippen LogP contribution in [0.5, 0.6) is 5.75 Å². The average molecular weight is 508 g/mol. The smallest absolute Gasteiger partial charge is 0.332 e. The summed E-state index contributed by atoms with van der Waals surface area (Å²) in [7, 11) is 2.83. The summed E-state index contributed by atoms with van der Waals surface area (Å²) in [5, 5.41) is 25.8. The number of aryl methyl sites for hydroxylation is 2. The van der Waals surface area contributed by atoms with Crippen LogP contribution in [0.15, 0.2) is 63.2 Å². The number of imidazole rings is 1. The second-order valence-corrected chi connectivity index (χ2v) is 8.43. The third-order valence-electron chi connectivity index (χ3n) is 5.63. The third kappa shape index (κ3) is 5.41. The van der Waals surface area contributed by atoms with Crippen LogP contribution in [0.25, 0.3) is 11.2 Å². The first-order valence-corrected chi connectivity index (χ1v) is 11.2.